The highest BCUT2D eigenvalue weighted by atomic mass is 15.3. The highest BCUT2D eigenvalue weighted by Gasteiger charge is 2.29. The van der Waals surface area contributed by atoms with E-state index in [4.69, 9.17) is 11.0 Å². The molecular formula is C15H20N4. The third-order valence-electron chi connectivity index (χ3n) is 4.34. The second-order valence-corrected chi connectivity index (χ2v) is 5.51. The van der Waals surface area contributed by atoms with Crippen LogP contribution in [0.2, 0.25) is 0 Å². The van der Waals surface area contributed by atoms with E-state index < -0.39 is 0 Å². The summed E-state index contributed by atoms with van der Waals surface area (Å²) in [6.07, 6.45) is 3.92. The lowest BCUT2D eigenvalue weighted by molar-refractivity contribution is 0.260. The minimum atomic E-state index is 0.571. The van der Waals surface area contributed by atoms with E-state index in [1.807, 2.05) is 18.2 Å². The van der Waals surface area contributed by atoms with Crippen LogP contribution in [0.25, 0.3) is 0 Å². The van der Waals surface area contributed by atoms with Crippen LogP contribution in [0.15, 0.2) is 18.2 Å². The van der Waals surface area contributed by atoms with E-state index in [9.17, 15) is 0 Å². The Morgan fingerprint density at radius 3 is 2.74 bits per heavy atom. The number of anilines is 2. The number of nitriles is 1. The summed E-state index contributed by atoms with van der Waals surface area (Å²) in [5.74, 6) is 0. The van der Waals surface area contributed by atoms with Crippen molar-refractivity contribution in [3.8, 4) is 6.07 Å². The van der Waals surface area contributed by atoms with Gasteiger partial charge in [0.1, 0.15) is 6.07 Å². The van der Waals surface area contributed by atoms with Gasteiger partial charge in [0, 0.05) is 30.5 Å². The van der Waals surface area contributed by atoms with E-state index in [0.717, 1.165) is 18.8 Å². The summed E-state index contributed by atoms with van der Waals surface area (Å²) < 4.78 is 0. The smallest absolute Gasteiger partial charge is 0.101 e. The molecule has 2 aliphatic rings. The molecule has 2 N–H and O–H groups in total. The van der Waals surface area contributed by atoms with E-state index in [1.54, 1.807) is 0 Å². The number of benzene rings is 1. The lowest BCUT2D eigenvalue weighted by Gasteiger charge is -2.24. The first-order valence-electron chi connectivity index (χ1n) is 7.06. The number of nitrogens with zero attached hydrogens (tertiary/aromatic N) is 3. The Labute approximate surface area is 114 Å². The van der Waals surface area contributed by atoms with Crippen molar-refractivity contribution in [3.05, 3.63) is 23.8 Å². The molecule has 0 aliphatic carbocycles. The molecular weight excluding hydrogens is 236 g/mol. The first kappa shape index (κ1) is 12.3. The minimum Gasteiger partial charge on any atom is -0.398 e. The molecule has 0 amide bonds. The highest BCUT2D eigenvalue weighted by Crippen LogP contribution is 2.27. The Bertz CT molecular complexity index is 499. The summed E-state index contributed by atoms with van der Waals surface area (Å²) in [6.45, 7) is 4.66. The predicted molar refractivity (Wildman–Crippen MR) is 77.0 cm³/mol. The molecule has 0 aromatic heterocycles. The van der Waals surface area contributed by atoms with Gasteiger partial charge < -0.3 is 10.6 Å². The van der Waals surface area contributed by atoms with Gasteiger partial charge in [-0.05, 0) is 50.6 Å². The maximum Gasteiger partial charge on any atom is 0.101 e. The van der Waals surface area contributed by atoms with Crippen molar-refractivity contribution in [2.75, 3.05) is 36.8 Å². The molecule has 2 saturated heterocycles. The monoisotopic (exact) mass is 256 g/mol. The fraction of sp³-hybridized carbons (Fsp3) is 0.533. The molecule has 1 unspecified atom stereocenters. The quantitative estimate of drug-likeness (QED) is 0.820. The van der Waals surface area contributed by atoms with Crippen molar-refractivity contribution >= 4 is 11.4 Å². The van der Waals surface area contributed by atoms with Gasteiger partial charge in [-0.1, -0.05) is 0 Å². The summed E-state index contributed by atoms with van der Waals surface area (Å²) in [7, 11) is 0. The van der Waals surface area contributed by atoms with Crippen molar-refractivity contribution in [1.29, 1.82) is 5.26 Å². The van der Waals surface area contributed by atoms with Crippen LogP contribution in [0.3, 0.4) is 0 Å². The first-order chi connectivity index (χ1) is 9.28. The van der Waals surface area contributed by atoms with E-state index in [2.05, 4.69) is 15.9 Å². The van der Waals surface area contributed by atoms with Gasteiger partial charge in [0.2, 0.25) is 0 Å². The van der Waals surface area contributed by atoms with Crippen LogP contribution in [-0.2, 0) is 0 Å². The van der Waals surface area contributed by atoms with Crippen LogP contribution >= 0.6 is 0 Å². The molecule has 3 rings (SSSR count). The van der Waals surface area contributed by atoms with Crippen molar-refractivity contribution < 1.29 is 0 Å². The first-order valence-corrected chi connectivity index (χ1v) is 7.06. The Hall–Kier alpha value is -1.73. The van der Waals surface area contributed by atoms with Gasteiger partial charge in [0.25, 0.3) is 0 Å². The van der Waals surface area contributed by atoms with E-state index in [0.29, 0.717) is 17.3 Å². The summed E-state index contributed by atoms with van der Waals surface area (Å²) >= 11 is 0. The molecule has 100 valence electrons. The zero-order valence-corrected chi connectivity index (χ0v) is 11.2. The number of nitrogen functional groups attached to an aromatic ring is 1. The third-order valence-corrected chi connectivity index (χ3v) is 4.34. The second kappa shape index (κ2) is 5.10. The van der Waals surface area contributed by atoms with Crippen molar-refractivity contribution in [1.82, 2.24) is 4.90 Å². The summed E-state index contributed by atoms with van der Waals surface area (Å²) in [6, 6.07) is 8.64. The SMILES string of the molecule is N#Cc1cc(N2CCC(N3CCCC3)C2)ccc1N. The normalized spacial score (nSPS) is 23.7. The summed E-state index contributed by atoms with van der Waals surface area (Å²) in [5.41, 5.74) is 8.06. The molecule has 1 atom stereocenters. The van der Waals surface area contributed by atoms with Gasteiger partial charge >= 0.3 is 0 Å². The van der Waals surface area contributed by atoms with Crippen molar-refractivity contribution in [3.63, 3.8) is 0 Å². The fourth-order valence-electron chi connectivity index (χ4n) is 3.22. The number of likely N-dealkylation sites (tertiary alicyclic amines) is 1. The van der Waals surface area contributed by atoms with Crippen molar-refractivity contribution in [2.45, 2.75) is 25.3 Å². The van der Waals surface area contributed by atoms with E-state index >= 15 is 0 Å². The maximum atomic E-state index is 9.05. The van der Waals surface area contributed by atoms with Gasteiger partial charge in [-0.25, -0.2) is 0 Å². The molecule has 0 spiro atoms. The Morgan fingerprint density at radius 2 is 2.00 bits per heavy atom. The maximum absolute atomic E-state index is 9.05. The van der Waals surface area contributed by atoms with E-state index in [1.165, 1.54) is 32.4 Å². The van der Waals surface area contributed by atoms with Crippen LogP contribution < -0.4 is 10.6 Å². The molecule has 2 aliphatic heterocycles. The zero-order valence-electron chi connectivity index (χ0n) is 11.2. The molecule has 0 saturated carbocycles. The van der Waals surface area contributed by atoms with Gasteiger partial charge in [0.05, 0.1) is 5.56 Å². The summed E-state index contributed by atoms with van der Waals surface area (Å²) in [4.78, 5) is 4.99. The molecule has 4 heteroatoms. The van der Waals surface area contributed by atoms with Crippen LogP contribution in [-0.4, -0.2) is 37.1 Å². The average Bonchev–Trinajstić information content (AvgIpc) is 3.10. The molecule has 1 aromatic carbocycles. The largest absolute Gasteiger partial charge is 0.398 e. The third kappa shape index (κ3) is 2.39. The lowest BCUT2D eigenvalue weighted by atomic mass is 10.1. The number of hydrogen-bond donors (Lipinski definition) is 1. The molecule has 1 aromatic rings. The van der Waals surface area contributed by atoms with Gasteiger partial charge in [-0.2, -0.15) is 5.26 Å². The Morgan fingerprint density at radius 1 is 1.21 bits per heavy atom. The zero-order chi connectivity index (χ0) is 13.2. The van der Waals surface area contributed by atoms with Crippen molar-refractivity contribution in [2.24, 2.45) is 0 Å². The molecule has 4 nitrogen and oxygen atoms in total. The Kier molecular flexibility index (Phi) is 3.31. The molecule has 19 heavy (non-hydrogen) atoms. The summed E-state index contributed by atoms with van der Waals surface area (Å²) in [5, 5.41) is 9.05. The molecule has 0 radical (unpaired) electrons. The standard InChI is InChI=1S/C15H20N4/c16-10-12-9-13(3-4-15(12)17)19-8-5-14(11-19)18-6-1-2-7-18/h3-4,9,14H,1-2,5-8,11,17H2. The highest BCUT2D eigenvalue weighted by molar-refractivity contribution is 5.63. The number of nitrogens with two attached hydrogens (primary N) is 1. The van der Waals surface area contributed by atoms with E-state index in [-0.39, 0.29) is 0 Å². The molecule has 2 fully saturated rings. The minimum absolute atomic E-state index is 0.571. The van der Waals surface area contributed by atoms with Crippen LogP contribution in [0.1, 0.15) is 24.8 Å². The van der Waals surface area contributed by atoms with Crippen LogP contribution in [0.5, 0.6) is 0 Å². The van der Waals surface area contributed by atoms with Crippen LogP contribution in [0, 0.1) is 11.3 Å². The average molecular weight is 256 g/mol. The Balaban J connectivity index is 1.72. The number of hydrogen-bond acceptors (Lipinski definition) is 4. The molecule has 0 bridgehead atoms. The van der Waals surface area contributed by atoms with Gasteiger partial charge in [0.15, 0.2) is 0 Å². The molecule has 2 heterocycles. The second-order valence-electron chi connectivity index (χ2n) is 5.51. The van der Waals surface area contributed by atoms with Crippen LogP contribution in [0.4, 0.5) is 11.4 Å². The predicted octanol–water partition coefficient (Wildman–Crippen LogP) is 1.81. The van der Waals surface area contributed by atoms with Gasteiger partial charge in [-0.15, -0.1) is 0 Å². The topological polar surface area (TPSA) is 56.3 Å². The number of rotatable bonds is 2. The lowest BCUT2D eigenvalue weighted by Crippen LogP contribution is -2.35. The van der Waals surface area contributed by atoms with Gasteiger partial charge in [-0.3, -0.25) is 4.90 Å². The fourth-order valence-corrected chi connectivity index (χ4v) is 3.22.